The molecule has 0 unspecified atom stereocenters. The number of fused-ring (bicyclic) bond motifs is 1. The number of rotatable bonds is 6. The first kappa shape index (κ1) is 15.2. The lowest BCUT2D eigenvalue weighted by Gasteiger charge is -2.11. The van der Waals surface area contributed by atoms with Crippen LogP contribution in [0, 0.1) is 0 Å². The predicted molar refractivity (Wildman–Crippen MR) is 99.1 cm³/mol. The summed E-state index contributed by atoms with van der Waals surface area (Å²) in [6.45, 7) is 1.77. The number of hydrogen-bond acceptors (Lipinski definition) is 5. The number of benzene rings is 1. The molecule has 0 atom stereocenters. The average Bonchev–Trinajstić information content (AvgIpc) is 3.31. The molecule has 0 aliphatic rings. The fraction of sp³-hybridized carbons (Fsp3) is 0.167. The van der Waals surface area contributed by atoms with Crippen molar-refractivity contribution in [2.75, 3.05) is 17.6 Å². The van der Waals surface area contributed by atoms with E-state index in [4.69, 9.17) is 5.73 Å². The van der Waals surface area contributed by atoms with Crippen LogP contribution in [0.3, 0.4) is 0 Å². The summed E-state index contributed by atoms with van der Waals surface area (Å²) >= 11 is 0. The molecule has 7 nitrogen and oxygen atoms in total. The lowest BCUT2D eigenvalue weighted by atomic mass is 10.1. The summed E-state index contributed by atoms with van der Waals surface area (Å²) in [5, 5.41) is 11.5. The molecule has 4 aromatic rings. The van der Waals surface area contributed by atoms with Crippen molar-refractivity contribution in [3.8, 4) is 11.3 Å². The smallest absolute Gasteiger partial charge is 0.126 e. The highest BCUT2D eigenvalue weighted by molar-refractivity contribution is 5.95. The van der Waals surface area contributed by atoms with Crippen molar-refractivity contribution in [3.63, 3.8) is 0 Å². The minimum atomic E-state index is 0.506. The number of hydrogen-bond donors (Lipinski definition) is 3. The topological polar surface area (TPSA) is 97.4 Å². The van der Waals surface area contributed by atoms with E-state index in [-0.39, 0.29) is 0 Å². The van der Waals surface area contributed by atoms with E-state index in [0.717, 1.165) is 47.4 Å². The van der Waals surface area contributed by atoms with Gasteiger partial charge in [0.2, 0.25) is 0 Å². The molecule has 0 saturated heterocycles. The minimum Gasteiger partial charge on any atom is -0.384 e. The Morgan fingerprint density at radius 1 is 1.16 bits per heavy atom. The first-order valence-corrected chi connectivity index (χ1v) is 8.19. The number of nitrogen functional groups attached to an aromatic ring is 1. The third-order valence-electron chi connectivity index (χ3n) is 4.11. The molecule has 0 bridgehead atoms. The maximum absolute atomic E-state index is 5.99. The summed E-state index contributed by atoms with van der Waals surface area (Å²) in [4.78, 5) is 8.52. The van der Waals surface area contributed by atoms with E-state index in [1.165, 1.54) is 0 Å². The maximum Gasteiger partial charge on any atom is 0.126 e. The van der Waals surface area contributed by atoms with Crippen LogP contribution in [0.4, 0.5) is 11.5 Å². The summed E-state index contributed by atoms with van der Waals surface area (Å²) in [6.07, 6.45) is 8.32. The van der Waals surface area contributed by atoms with Gasteiger partial charge < -0.3 is 15.6 Å². The van der Waals surface area contributed by atoms with Crippen molar-refractivity contribution < 1.29 is 0 Å². The summed E-state index contributed by atoms with van der Waals surface area (Å²) < 4.78 is 2.07. The number of aromatic nitrogens is 5. The molecule has 3 heterocycles. The Bertz CT molecular complexity index is 959. The van der Waals surface area contributed by atoms with Gasteiger partial charge in [0.1, 0.15) is 5.82 Å². The summed E-state index contributed by atoms with van der Waals surface area (Å²) in [7, 11) is 0. The number of pyridine rings is 1. The van der Waals surface area contributed by atoms with Gasteiger partial charge in [-0.25, -0.2) is 9.97 Å². The van der Waals surface area contributed by atoms with Crippen LogP contribution in [0.5, 0.6) is 0 Å². The SMILES string of the molecule is Nc1cc(NCCCn2ccnc2)c2ccc(-c3ccn[nH]3)cc2n1. The van der Waals surface area contributed by atoms with E-state index >= 15 is 0 Å². The van der Waals surface area contributed by atoms with Gasteiger partial charge >= 0.3 is 0 Å². The zero-order valence-electron chi connectivity index (χ0n) is 13.7. The molecule has 0 spiro atoms. The van der Waals surface area contributed by atoms with E-state index < -0.39 is 0 Å². The fourth-order valence-electron chi connectivity index (χ4n) is 2.88. The van der Waals surface area contributed by atoms with Gasteiger partial charge in [0.15, 0.2) is 0 Å². The zero-order valence-corrected chi connectivity index (χ0v) is 13.7. The Kier molecular flexibility index (Phi) is 4.04. The van der Waals surface area contributed by atoms with Crippen LogP contribution in [0.1, 0.15) is 6.42 Å². The molecule has 0 amide bonds. The van der Waals surface area contributed by atoms with E-state index in [2.05, 4.69) is 42.2 Å². The average molecular weight is 333 g/mol. The predicted octanol–water partition coefficient (Wildman–Crippen LogP) is 2.91. The molecular weight excluding hydrogens is 314 g/mol. The van der Waals surface area contributed by atoms with Gasteiger partial charge in [-0.05, 0) is 18.6 Å². The third-order valence-corrected chi connectivity index (χ3v) is 4.11. The molecular formula is C18H19N7. The van der Waals surface area contributed by atoms with Crippen LogP contribution in [-0.2, 0) is 6.54 Å². The molecule has 4 N–H and O–H groups in total. The molecule has 0 saturated carbocycles. The second-order valence-corrected chi connectivity index (χ2v) is 5.88. The van der Waals surface area contributed by atoms with Gasteiger partial charge in [-0.1, -0.05) is 12.1 Å². The molecule has 3 aromatic heterocycles. The lowest BCUT2D eigenvalue weighted by Crippen LogP contribution is -2.07. The van der Waals surface area contributed by atoms with Gasteiger partial charge in [0, 0.05) is 54.4 Å². The van der Waals surface area contributed by atoms with E-state index in [0.29, 0.717) is 5.82 Å². The summed E-state index contributed by atoms with van der Waals surface area (Å²) in [5.41, 5.74) is 9.86. The van der Waals surface area contributed by atoms with Crippen molar-refractivity contribution >= 4 is 22.4 Å². The second-order valence-electron chi connectivity index (χ2n) is 5.88. The number of aryl methyl sites for hydroxylation is 1. The Hall–Kier alpha value is -3.35. The van der Waals surface area contributed by atoms with Crippen LogP contribution >= 0.6 is 0 Å². The van der Waals surface area contributed by atoms with E-state index in [1.807, 2.05) is 30.7 Å². The molecule has 4 rings (SSSR count). The molecule has 25 heavy (non-hydrogen) atoms. The van der Waals surface area contributed by atoms with Gasteiger partial charge in [0.05, 0.1) is 17.5 Å². The summed E-state index contributed by atoms with van der Waals surface area (Å²) in [5.74, 6) is 0.506. The van der Waals surface area contributed by atoms with Crippen molar-refractivity contribution in [3.05, 3.63) is 55.2 Å². The highest BCUT2D eigenvalue weighted by atomic mass is 15.1. The molecule has 0 aliphatic heterocycles. The number of H-pyrrole nitrogens is 1. The van der Waals surface area contributed by atoms with Crippen LogP contribution in [0.15, 0.2) is 55.2 Å². The minimum absolute atomic E-state index is 0.506. The maximum atomic E-state index is 5.99. The molecule has 0 fully saturated rings. The number of nitrogens with two attached hydrogens (primary N) is 1. The number of nitrogens with zero attached hydrogens (tertiary/aromatic N) is 4. The largest absolute Gasteiger partial charge is 0.384 e. The molecule has 7 heteroatoms. The van der Waals surface area contributed by atoms with Crippen molar-refractivity contribution in [1.82, 2.24) is 24.7 Å². The van der Waals surface area contributed by atoms with Crippen LogP contribution in [0.2, 0.25) is 0 Å². The standard InChI is InChI=1S/C18H19N7/c19-18-11-16(21-5-1-8-25-9-7-20-12-25)14-3-2-13(10-17(14)23-18)15-4-6-22-24-15/h2-4,6-7,9-12H,1,5,8H2,(H,22,24)(H3,19,21,23). The van der Waals surface area contributed by atoms with Crippen molar-refractivity contribution in [2.45, 2.75) is 13.0 Å². The zero-order chi connectivity index (χ0) is 17.1. The first-order valence-electron chi connectivity index (χ1n) is 8.19. The Balaban J connectivity index is 1.54. The number of anilines is 2. The van der Waals surface area contributed by atoms with Gasteiger partial charge in [-0.3, -0.25) is 5.10 Å². The highest BCUT2D eigenvalue weighted by Crippen LogP contribution is 2.28. The quantitative estimate of drug-likeness (QED) is 0.471. The number of imidazole rings is 1. The molecule has 0 radical (unpaired) electrons. The number of aromatic amines is 1. The van der Waals surface area contributed by atoms with Crippen LogP contribution < -0.4 is 11.1 Å². The first-order chi connectivity index (χ1) is 12.3. The second kappa shape index (κ2) is 6.64. The Labute approximate surface area is 144 Å². The van der Waals surface area contributed by atoms with Crippen molar-refractivity contribution in [2.24, 2.45) is 0 Å². The van der Waals surface area contributed by atoms with E-state index in [1.54, 1.807) is 12.4 Å². The fourth-order valence-corrected chi connectivity index (χ4v) is 2.88. The van der Waals surface area contributed by atoms with Gasteiger partial charge in [-0.15, -0.1) is 0 Å². The Morgan fingerprint density at radius 3 is 2.92 bits per heavy atom. The van der Waals surface area contributed by atoms with Crippen molar-refractivity contribution in [1.29, 1.82) is 0 Å². The monoisotopic (exact) mass is 333 g/mol. The van der Waals surface area contributed by atoms with Gasteiger partial charge in [0.25, 0.3) is 0 Å². The highest BCUT2D eigenvalue weighted by Gasteiger charge is 2.07. The normalized spacial score (nSPS) is 11.0. The summed E-state index contributed by atoms with van der Waals surface area (Å²) in [6, 6.07) is 9.97. The lowest BCUT2D eigenvalue weighted by molar-refractivity contribution is 0.661. The van der Waals surface area contributed by atoms with Crippen LogP contribution in [0.25, 0.3) is 22.2 Å². The van der Waals surface area contributed by atoms with Crippen LogP contribution in [-0.4, -0.2) is 31.3 Å². The Morgan fingerprint density at radius 2 is 2.12 bits per heavy atom. The molecule has 126 valence electrons. The third kappa shape index (κ3) is 3.30. The molecule has 1 aromatic carbocycles. The number of nitrogens with one attached hydrogen (secondary N) is 2. The van der Waals surface area contributed by atoms with Gasteiger partial charge in [-0.2, -0.15) is 5.10 Å². The molecule has 0 aliphatic carbocycles. The van der Waals surface area contributed by atoms with E-state index in [9.17, 15) is 0 Å².